The zero-order chi connectivity index (χ0) is 20.7. The molecule has 2 N–H and O–H groups in total. The molecule has 0 radical (unpaired) electrons. The first-order valence-corrected chi connectivity index (χ1v) is 9.34. The van der Waals surface area contributed by atoms with E-state index in [-0.39, 0.29) is 23.8 Å². The number of hydrogen-bond acceptors (Lipinski definition) is 3. The number of hydrogen-bond donors (Lipinski definition) is 2. The Morgan fingerprint density at radius 2 is 2.04 bits per heavy atom. The first-order valence-electron chi connectivity index (χ1n) is 8.90. The van der Waals surface area contributed by atoms with Gasteiger partial charge in [0.1, 0.15) is 6.17 Å². The van der Waals surface area contributed by atoms with Crippen LogP contribution in [0.15, 0.2) is 49.4 Å². The van der Waals surface area contributed by atoms with Crippen LogP contribution in [0.5, 0.6) is 0 Å². The predicted molar refractivity (Wildman–Crippen MR) is 108 cm³/mol. The molecule has 1 fully saturated rings. The average Bonchev–Trinajstić information content (AvgIpc) is 2.64. The van der Waals surface area contributed by atoms with Crippen molar-refractivity contribution in [2.24, 2.45) is 0 Å². The van der Waals surface area contributed by atoms with Gasteiger partial charge >= 0.3 is 0 Å². The second kappa shape index (κ2) is 15.2. The molecule has 152 valence electrons. The molecule has 0 spiro atoms. The molecule has 3 atom stereocenters. The van der Waals surface area contributed by atoms with E-state index in [0.717, 1.165) is 12.8 Å². The van der Waals surface area contributed by atoms with Crippen molar-refractivity contribution in [2.45, 2.75) is 56.7 Å². The van der Waals surface area contributed by atoms with Gasteiger partial charge in [-0.15, -0.1) is 11.6 Å². The molecular formula is C20H30ClFN2O3. The highest BCUT2D eigenvalue weighted by Crippen LogP contribution is 2.27. The van der Waals surface area contributed by atoms with Crippen LogP contribution >= 0.6 is 11.6 Å². The lowest BCUT2D eigenvalue weighted by molar-refractivity contribution is -0.120. The molecule has 0 aromatic rings. The summed E-state index contributed by atoms with van der Waals surface area (Å²) in [4.78, 5) is 21.5. The van der Waals surface area contributed by atoms with Crippen molar-refractivity contribution in [2.75, 3.05) is 6.61 Å². The van der Waals surface area contributed by atoms with Crippen LogP contribution in [0.25, 0.3) is 0 Å². The van der Waals surface area contributed by atoms with Crippen LogP contribution in [0, 0.1) is 0 Å². The second-order valence-corrected chi connectivity index (χ2v) is 6.46. The Morgan fingerprint density at radius 1 is 1.33 bits per heavy atom. The number of amides is 2. The molecule has 3 unspecified atom stereocenters. The van der Waals surface area contributed by atoms with Crippen molar-refractivity contribution >= 4 is 23.9 Å². The largest absolute Gasteiger partial charge is 0.378 e. The molecule has 5 nitrogen and oxygen atoms in total. The maximum atomic E-state index is 12.9. The zero-order valence-electron chi connectivity index (χ0n) is 15.9. The van der Waals surface area contributed by atoms with E-state index in [0.29, 0.717) is 37.3 Å². The summed E-state index contributed by atoms with van der Waals surface area (Å²) in [5.41, 5.74) is 1.10. The molecule has 2 amide bonds. The molecule has 1 saturated carbocycles. The van der Waals surface area contributed by atoms with E-state index >= 15 is 0 Å². The maximum absolute atomic E-state index is 12.9. The Labute approximate surface area is 166 Å². The number of nitrogens with one attached hydrogen (secondary N) is 2. The Bertz CT molecular complexity index is 537. The zero-order valence-corrected chi connectivity index (χ0v) is 16.6. The molecule has 0 aromatic heterocycles. The van der Waals surface area contributed by atoms with Crippen LogP contribution in [0.4, 0.5) is 4.39 Å². The van der Waals surface area contributed by atoms with Crippen LogP contribution in [0.1, 0.15) is 39.0 Å². The molecule has 0 heterocycles. The third-order valence-electron chi connectivity index (χ3n) is 3.77. The van der Waals surface area contributed by atoms with Crippen LogP contribution < -0.4 is 10.6 Å². The number of alkyl halides is 2. The lowest BCUT2D eigenvalue weighted by Gasteiger charge is -2.27. The SMILES string of the molecule is C=C/C=C(\C=C)NC(=O)CCC(=C)NC=O.CCOC1CCC(Cl)C(F)C1. The summed E-state index contributed by atoms with van der Waals surface area (Å²) in [6, 6.07) is 0. The summed E-state index contributed by atoms with van der Waals surface area (Å²) < 4.78 is 18.2. The summed E-state index contributed by atoms with van der Waals surface area (Å²) >= 11 is 5.70. The van der Waals surface area contributed by atoms with Crippen molar-refractivity contribution < 1.29 is 18.7 Å². The molecule has 27 heavy (non-hydrogen) atoms. The normalized spacial score (nSPS) is 21.9. The lowest BCUT2D eigenvalue weighted by atomic mass is 9.95. The van der Waals surface area contributed by atoms with Crippen molar-refractivity contribution in [3.8, 4) is 0 Å². The molecular weight excluding hydrogens is 371 g/mol. The van der Waals surface area contributed by atoms with Gasteiger partial charge in [0.15, 0.2) is 0 Å². The van der Waals surface area contributed by atoms with Gasteiger partial charge in [0.25, 0.3) is 0 Å². The monoisotopic (exact) mass is 400 g/mol. The van der Waals surface area contributed by atoms with Crippen molar-refractivity contribution in [1.82, 2.24) is 10.6 Å². The molecule has 0 aliphatic heterocycles. The second-order valence-electron chi connectivity index (χ2n) is 5.90. The molecule has 7 heteroatoms. The standard InChI is InChI=1S/C12H16N2O2.C8H14ClFO/c1-4-6-11(5-2)14-12(16)8-7-10(3)13-9-15;1-2-11-6-3-4-7(9)8(10)5-6/h4-6,9H,1-3,7-8H2,(H,13,15)(H,14,16);6-8H,2-5H2,1H3/b11-6+;. The van der Waals surface area contributed by atoms with Crippen molar-refractivity contribution in [3.05, 3.63) is 49.4 Å². The van der Waals surface area contributed by atoms with E-state index in [1.54, 1.807) is 12.2 Å². The van der Waals surface area contributed by atoms with Gasteiger partial charge < -0.3 is 15.4 Å². The molecule has 1 rings (SSSR count). The predicted octanol–water partition coefficient (Wildman–Crippen LogP) is 3.92. The third kappa shape index (κ3) is 12.2. The Kier molecular flexibility index (Phi) is 14.1. The molecule has 1 aliphatic rings. The highest BCUT2D eigenvalue weighted by molar-refractivity contribution is 6.21. The summed E-state index contributed by atoms with van der Waals surface area (Å²) in [7, 11) is 0. The van der Waals surface area contributed by atoms with E-state index in [1.807, 2.05) is 6.92 Å². The highest BCUT2D eigenvalue weighted by Gasteiger charge is 2.29. The van der Waals surface area contributed by atoms with Crippen LogP contribution in [0.2, 0.25) is 0 Å². The van der Waals surface area contributed by atoms with Gasteiger partial charge in [-0.25, -0.2) is 4.39 Å². The lowest BCUT2D eigenvalue weighted by Crippen LogP contribution is -2.31. The Morgan fingerprint density at radius 3 is 2.56 bits per heavy atom. The minimum Gasteiger partial charge on any atom is -0.378 e. The summed E-state index contributed by atoms with van der Waals surface area (Å²) in [5, 5.41) is 4.74. The summed E-state index contributed by atoms with van der Waals surface area (Å²) in [6.07, 6.45) is 7.27. The number of allylic oxidation sites excluding steroid dienone is 4. The van der Waals surface area contributed by atoms with Gasteiger partial charge in [0.05, 0.1) is 11.5 Å². The van der Waals surface area contributed by atoms with E-state index < -0.39 is 6.17 Å². The molecule has 0 saturated heterocycles. The number of ether oxygens (including phenoxy) is 1. The summed E-state index contributed by atoms with van der Waals surface area (Å²) in [5.74, 6) is -0.165. The number of halogens is 2. The van der Waals surface area contributed by atoms with Crippen LogP contribution in [-0.4, -0.2) is 36.6 Å². The first kappa shape index (κ1) is 25.1. The number of carbonyl (C=O) groups excluding carboxylic acids is 2. The fourth-order valence-corrected chi connectivity index (χ4v) is 2.59. The molecule has 0 bridgehead atoms. The first-order chi connectivity index (χ1) is 12.9. The topological polar surface area (TPSA) is 67.4 Å². The van der Waals surface area contributed by atoms with E-state index in [4.69, 9.17) is 16.3 Å². The molecule has 1 aliphatic carbocycles. The fraction of sp³-hybridized carbons (Fsp3) is 0.500. The van der Waals surface area contributed by atoms with Crippen LogP contribution in [-0.2, 0) is 14.3 Å². The molecule has 0 aromatic carbocycles. The maximum Gasteiger partial charge on any atom is 0.224 e. The minimum atomic E-state index is -0.873. The van der Waals surface area contributed by atoms with Crippen molar-refractivity contribution in [1.29, 1.82) is 0 Å². The fourth-order valence-electron chi connectivity index (χ4n) is 2.36. The Hall–Kier alpha value is -1.92. The number of rotatable bonds is 10. The smallest absolute Gasteiger partial charge is 0.224 e. The highest BCUT2D eigenvalue weighted by atomic mass is 35.5. The van der Waals surface area contributed by atoms with Gasteiger partial charge in [0, 0.05) is 30.8 Å². The number of carbonyl (C=O) groups is 2. The van der Waals surface area contributed by atoms with E-state index in [2.05, 4.69) is 30.4 Å². The van der Waals surface area contributed by atoms with Crippen molar-refractivity contribution in [3.63, 3.8) is 0 Å². The van der Waals surface area contributed by atoms with Gasteiger partial charge in [-0.3, -0.25) is 9.59 Å². The Balaban J connectivity index is 0.000000533. The average molecular weight is 401 g/mol. The summed E-state index contributed by atoms with van der Waals surface area (Å²) in [6.45, 7) is 13.2. The van der Waals surface area contributed by atoms with Gasteiger partial charge in [0.2, 0.25) is 12.3 Å². The van der Waals surface area contributed by atoms with Gasteiger partial charge in [-0.2, -0.15) is 0 Å². The minimum absolute atomic E-state index is 0.102. The van der Waals surface area contributed by atoms with Gasteiger partial charge in [-0.05, 0) is 38.3 Å². The van der Waals surface area contributed by atoms with E-state index in [1.165, 1.54) is 6.08 Å². The van der Waals surface area contributed by atoms with Gasteiger partial charge in [-0.1, -0.05) is 25.8 Å². The van der Waals surface area contributed by atoms with E-state index in [9.17, 15) is 14.0 Å². The van der Waals surface area contributed by atoms with Crippen LogP contribution in [0.3, 0.4) is 0 Å². The quantitative estimate of drug-likeness (QED) is 0.332. The third-order valence-corrected chi connectivity index (χ3v) is 4.26.